The SMILES string of the molecule is O=C(NCCO)c1cccc(-c2ccc3ccn(Cc4cccc(F)c4)c3c2)c1. The first kappa shape index (κ1) is 18.9. The van der Waals surface area contributed by atoms with E-state index in [1.165, 1.54) is 6.07 Å². The van der Waals surface area contributed by atoms with Crippen molar-refractivity contribution in [3.8, 4) is 11.1 Å². The van der Waals surface area contributed by atoms with E-state index in [0.717, 1.165) is 27.6 Å². The van der Waals surface area contributed by atoms with Crippen LogP contribution in [0.3, 0.4) is 0 Å². The van der Waals surface area contributed by atoms with Gasteiger partial charge in [-0.05, 0) is 58.5 Å². The van der Waals surface area contributed by atoms with Crippen LogP contribution in [0.5, 0.6) is 0 Å². The number of rotatable bonds is 6. The lowest BCUT2D eigenvalue weighted by Crippen LogP contribution is -2.26. The molecule has 0 spiro atoms. The Bertz CT molecular complexity index is 1170. The fourth-order valence-corrected chi connectivity index (χ4v) is 3.44. The molecular formula is C24H21FN2O2. The molecule has 4 aromatic rings. The van der Waals surface area contributed by atoms with Gasteiger partial charge in [0, 0.05) is 30.4 Å². The molecule has 1 amide bonds. The molecule has 1 heterocycles. The zero-order chi connectivity index (χ0) is 20.2. The quantitative estimate of drug-likeness (QED) is 0.520. The van der Waals surface area contributed by atoms with E-state index in [0.29, 0.717) is 12.1 Å². The number of benzene rings is 3. The highest BCUT2D eigenvalue weighted by Gasteiger charge is 2.09. The van der Waals surface area contributed by atoms with E-state index < -0.39 is 0 Å². The van der Waals surface area contributed by atoms with E-state index in [1.807, 2.05) is 48.7 Å². The van der Waals surface area contributed by atoms with Crippen LogP contribution in [0, 0.1) is 5.82 Å². The van der Waals surface area contributed by atoms with Gasteiger partial charge in [0.25, 0.3) is 5.91 Å². The number of hydrogen-bond donors (Lipinski definition) is 2. The van der Waals surface area contributed by atoms with Gasteiger partial charge in [-0.25, -0.2) is 4.39 Å². The highest BCUT2D eigenvalue weighted by Crippen LogP contribution is 2.26. The molecule has 0 aliphatic rings. The first-order valence-corrected chi connectivity index (χ1v) is 9.47. The van der Waals surface area contributed by atoms with Gasteiger partial charge in [-0.1, -0.05) is 36.4 Å². The van der Waals surface area contributed by atoms with Gasteiger partial charge in [-0.2, -0.15) is 0 Å². The molecule has 0 aliphatic heterocycles. The Hall–Kier alpha value is -3.44. The van der Waals surface area contributed by atoms with E-state index in [4.69, 9.17) is 5.11 Å². The van der Waals surface area contributed by atoms with Crippen molar-refractivity contribution in [2.75, 3.05) is 13.2 Å². The lowest BCUT2D eigenvalue weighted by atomic mass is 10.0. The van der Waals surface area contributed by atoms with Crippen LogP contribution in [0.25, 0.3) is 22.0 Å². The molecule has 0 atom stereocenters. The molecule has 3 aromatic carbocycles. The van der Waals surface area contributed by atoms with E-state index >= 15 is 0 Å². The zero-order valence-corrected chi connectivity index (χ0v) is 15.8. The first-order valence-electron chi connectivity index (χ1n) is 9.47. The Balaban J connectivity index is 1.66. The third-order valence-corrected chi connectivity index (χ3v) is 4.87. The molecule has 4 rings (SSSR count). The summed E-state index contributed by atoms with van der Waals surface area (Å²) in [5.41, 5.74) is 4.42. The molecule has 1 aromatic heterocycles. The molecule has 0 saturated carbocycles. The number of aliphatic hydroxyl groups is 1. The van der Waals surface area contributed by atoms with Crippen LogP contribution in [0.4, 0.5) is 4.39 Å². The number of amides is 1. The van der Waals surface area contributed by atoms with Gasteiger partial charge < -0.3 is 15.0 Å². The fourth-order valence-electron chi connectivity index (χ4n) is 3.44. The van der Waals surface area contributed by atoms with Gasteiger partial charge in [-0.3, -0.25) is 4.79 Å². The van der Waals surface area contributed by atoms with E-state index in [1.54, 1.807) is 18.2 Å². The van der Waals surface area contributed by atoms with Gasteiger partial charge in [-0.15, -0.1) is 0 Å². The lowest BCUT2D eigenvalue weighted by Gasteiger charge is -2.09. The van der Waals surface area contributed by atoms with E-state index in [2.05, 4.69) is 16.0 Å². The molecule has 146 valence electrons. The molecule has 5 heteroatoms. The van der Waals surface area contributed by atoms with Crippen molar-refractivity contribution in [1.82, 2.24) is 9.88 Å². The second-order valence-electron chi connectivity index (χ2n) is 6.91. The zero-order valence-electron chi connectivity index (χ0n) is 15.8. The van der Waals surface area contributed by atoms with Crippen LogP contribution in [0.1, 0.15) is 15.9 Å². The number of carbonyl (C=O) groups is 1. The van der Waals surface area contributed by atoms with Crippen molar-refractivity contribution in [2.24, 2.45) is 0 Å². The number of nitrogens with zero attached hydrogens (tertiary/aromatic N) is 1. The minimum Gasteiger partial charge on any atom is -0.395 e. The highest BCUT2D eigenvalue weighted by atomic mass is 19.1. The maximum absolute atomic E-state index is 13.5. The Morgan fingerprint density at radius 2 is 1.79 bits per heavy atom. The number of aliphatic hydroxyl groups excluding tert-OH is 1. The van der Waals surface area contributed by atoms with Crippen molar-refractivity contribution >= 4 is 16.8 Å². The maximum Gasteiger partial charge on any atom is 0.251 e. The summed E-state index contributed by atoms with van der Waals surface area (Å²) in [7, 11) is 0. The molecule has 0 aliphatic carbocycles. The molecular weight excluding hydrogens is 367 g/mol. The first-order chi connectivity index (χ1) is 14.1. The number of nitrogens with one attached hydrogen (secondary N) is 1. The van der Waals surface area contributed by atoms with Crippen molar-refractivity contribution in [3.05, 3.63) is 95.9 Å². The van der Waals surface area contributed by atoms with Crippen LogP contribution in [-0.2, 0) is 6.54 Å². The summed E-state index contributed by atoms with van der Waals surface area (Å²) >= 11 is 0. The largest absolute Gasteiger partial charge is 0.395 e. The molecule has 0 bridgehead atoms. The highest BCUT2D eigenvalue weighted by molar-refractivity contribution is 5.96. The summed E-state index contributed by atoms with van der Waals surface area (Å²) < 4.78 is 15.6. The fraction of sp³-hybridized carbons (Fsp3) is 0.125. The van der Waals surface area contributed by atoms with Gasteiger partial charge in [0.2, 0.25) is 0 Å². The number of carbonyl (C=O) groups excluding carboxylic acids is 1. The molecule has 2 N–H and O–H groups in total. The molecule has 29 heavy (non-hydrogen) atoms. The van der Waals surface area contributed by atoms with E-state index in [9.17, 15) is 9.18 Å². The van der Waals surface area contributed by atoms with Crippen molar-refractivity contribution in [1.29, 1.82) is 0 Å². The Morgan fingerprint density at radius 3 is 2.62 bits per heavy atom. The molecule has 0 fully saturated rings. The number of fused-ring (bicyclic) bond motifs is 1. The van der Waals surface area contributed by atoms with Gasteiger partial charge in [0.05, 0.1) is 6.61 Å². The van der Waals surface area contributed by atoms with Crippen LogP contribution in [-0.4, -0.2) is 28.7 Å². The molecule has 0 saturated heterocycles. The molecule has 4 nitrogen and oxygen atoms in total. The third-order valence-electron chi connectivity index (χ3n) is 4.87. The van der Waals surface area contributed by atoms with Gasteiger partial charge >= 0.3 is 0 Å². The molecule has 0 unspecified atom stereocenters. The summed E-state index contributed by atoms with van der Waals surface area (Å²) in [6, 6.07) is 22.2. The number of aromatic nitrogens is 1. The van der Waals surface area contributed by atoms with E-state index in [-0.39, 0.29) is 24.9 Å². The summed E-state index contributed by atoms with van der Waals surface area (Å²) in [6.45, 7) is 0.710. The lowest BCUT2D eigenvalue weighted by molar-refractivity contribution is 0.0945. The van der Waals surface area contributed by atoms with Crippen molar-refractivity contribution < 1.29 is 14.3 Å². The normalized spacial score (nSPS) is 11.0. The van der Waals surface area contributed by atoms with Crippen molar-refractivity contribution in [2.45, 2.75) is 6.54 Å². The predicted molar refractivity (Wildman–Crippen MR) is 112 cm³/mol. The van der Waals surface area contributed by atoms with Crippen LogP contribution >= 0.6 is 0 Å². The monoisotopic (exact) mass is 388 g/mol. The van der Waals surface area contributed by atoms with Crippen LogP contribution in [0.15, 0.2) is 79.0 Å². The Labute approximate surface area is 168 Å². The summed E-state index contributed by atoms with van der Waals surface area (Å²) in [4.78, 5) is 12.2. The second kappa shape index (κ2) is 8.29. The van der Waals surface area contributed by atoms with Gasteiger partial charge in [0.15, 0.2) is 0 Å². The van der Waals surface area contributed by atoms with Crippen LogP contribution in [0.2, 0.25) is 0 Å². The maximum atomic E-state index is 13.5. The standard InChI is InChI=1S/C24H21FN2O2/c25-22-6-1-3-17(13-22)16-27-11-9-18-7-8-20(15-23(18)27)19-4-2-5-21(14-19)24(29)26-10-12-28/h1-9,11,13-15,28H,10,12,16H2,(H,26,29). The average Bonchev–Trinajstić information content (AvgIpc) is 3.14. The van der Waals surface area contributed by atoms with Crippen LogP contribution < -0.4 is 5.32 Å². The summed E-state index contributed by atoms with van der Waals surface area (Å²) in [5.74, 6) is -0.451. The predicted octanol–water partition coefficient (Wildman–Crippen LogP) is 4.22. The second-order valence-corrected chi connectivity index (χ2v) is 6.91. The van der Waals surface area contributed by atoms with Crippen molar-refractivity contribution in [3.63, 3.8) is 0 Å². The minimum absolute atomic E-state index is 0.0929. The Kier molecular flexibility index (Phi) is 5.40. The smallest absolute Gasteiger partial charge is 0.251 e. The third kappa shape index (κ3) is 4.20. The Morgan fingerprint density at radius 1 is 0.966 bits per heavy atom. The summed E-state index contributed by atoms with van der Waals surface area (Å²) in [6.07, 6.45) is 2.00. The molecule has 0 radical (unpaired) electrons. The minimum atomic E-state index is -0.240. The number of hydrogen-bond acceptors (Lipinski definition) is 2. The topological polar surface area (TPSA) is 54.3 Å². The summed E-state index contributed by atoms with van der Waals surface area (Å²) in [5, 5.41) is 12.7. The average molecular weight is 388 g/mol. The number of halogens is 1. The van der Waals surface area contributed by atoms with Gasteiger partial charge in [0.1, 0.15) is 5.82 Å².